The van der Waals surface area contributed by atoms with Gasteiger partial charge in [-0.3, -0.25) is 0 Å². The first-order valence-corrected chi connectivity index (χ1v) is 11.5. The Morgan fingerprint density at radius 3 is 2.42 bits per heavy atom. The number of aryl methyl sites for hydroxylation is 1. The van der Waals surface area contributed by atoms with Gasteiger partial charge in [0.1, 0.15) is 12.4 Å². The lowest BCUT2D eigenvalue weighted by atomic mass is 10.2. The van der Waals surface area contributed by atoms with Gasteiger partial charge in [0, 0.05) is 5.56 Å². The van der Waals surface area contributed by atoms with Crippen molar-refractivity contribution in [3.05, 3.63) is 97.1 Å². The Bertz CT molecular complexity index is 1260. The van der Waals surface area contributed by atoms with Crippen LogP contribution in [0.25, 0.3) is 11.4 Å². The first-order chi connectivity index (χ1) is 15.0. The summed E-state index contributed by atoms with van der Waals surface area (Å²) in [5.41, 5.74) is 4.14. The molecular weight excluding hydrogens is 540 g/mol. The van der Waals surface area contributed by atoms with E-state index >= 15 is 0 Å². The van der Waals surface area contributed by atoms with Gasteiger partial charge in [-0.15, -0.1) is 0 Å². The molecule has 0 aliphatic carbocycles. The minimum absolute atomic E-state index is 0.422. The fourth-order valence-electron chi connectivity index (χ4n) is 2.93. The van der Waals surface area contributed by atoms with Gasteiger partial charge >= 0.3 is 0 Å². The van der Waals surface area contributed by atoms with Gasteiger partial charge in [0.15, 0.2) is 5.82 Å². The standard InChI is InChI=1S/C23H18Br2N4OS/c1-15-7-9-16(10-8-15)14-30-21-19(24)11-17(12-20(21)25)13-26-29-22(27-28-23(29)31)18-5-3-2-4-6-18/h2-13H,14H2,1H3,(H,28,31)/b26-13-. The Kier molecular flexibility index (Phi) is 6.80. The molecule has 0 aliphatic rings. The highest BCUT2D eigenvalue weighted by molar-refractivity contribution is 9.11. The van der Waals surface area contributed by atoms with Crippen LogP contribution < -0.4 is 4.74 Å². The van der Waals surface area contributed by atoms with Crippen LogP contribution in [0, 0.1) is 11.7 Å². The molecule has 0 bridgehead atoms. The molecule has 3 aromatic carbocycles. The number of hydrogen-bond acceptors (Lipinski definition) is 4. The summed E-state index contributed by atoms with van der Waals surface area (Å²) in [7, 11) is 0. The summed E-state index contributed by atoms with van der Waals surface area (Å²) in [6.07, 6.45) is 1.73. The molecule has 8 heteroatoms. The predicted molar refractivity (Wildman–Crippen MR) is 133 cm³/mol. The lowest BCUT2D eigenvalue weighted by Gasteiger charge is -2.11. The van der Waals surface area contributed by atoms with Gasteiger partial charge < -0.3 is 4.74 Å². The first-order valence-electron chi connectivity index (χ1n) is 9.46. The third-order valence-corrected chi connectivity index (χ3v) is 5.97. The fourth-order valence-corrected chi connectivity index (χ4v) is 4.56. The second-order valence-corrected chi connectivity index (χ2v) is 8.96. The molecule has 4 aromatic rings. The SMILES string of the molecule is Cc1ccc(COc2c(Br)cc(/C=N\n3c(-c4ccccc4)n[nH]c3=S)cc2Br)cc1. The summed E-state index contributed by atoms with van der Waals surface area (Å²) in [6, 6.07) is 22.0. The molecule has 0 unspecified atom stereocenters. The molecule has 31 heavy (non-hydrogen) atoms. The van der Waals surface area contributed by atoms with Crippen LogP contribution in [-0.2, 0) is 6.61 Å². The molecular formula is C23H18Br2N4OS. The Balaban J connectivity index is 1.55. The number of nitrogens with one attached hydrogen (secondary N) is 1. The summed E-state index contributed by atoms with van der Waals surface area (Å²) in [5, 5.41) is 11.6. The maximum absolute atomic E-state index is 6.02. The predicted octanol–water partition coefficient (Wildman–Crippen LogP) is 6.90. The molecule has 0 saturated heterocycles. The number of H-pyrrole nitrogens is 1. The van der Waals surface area contributed by atoms with Crippen LogP contribution in [0.2, 0.25) is 0 Å². The van der Waals surface area contributed by atoms with Gasteiger partial charge in [0.05, 0.1) is 15.2 Å². The Hall–Kier alpha value is -2.55. The molecule has 0 radical (unpaired) electrons. The molecule has 1 heterocycles. The van der Waals surface area contributed by atoms with Gasteiger partial charge in [0.25, 0.3) is 0 Å². The molecule has 0 saturated carbocycles. The molecule has 0 amide bonds. The van der Waals surface area contributed by atoms with Gasteiger partial charge in [0.2, 0.25) is 4.77 Å². The average molecular weight is 558 g/mol. The van der Waals surface area contributed by atoms with E-state index in [2.05, 4.69) is 78.3 Å². The lowest BCUT2D eigenvalue weighted by molar-refractivity contribution is 0.302. The minimum Gasteiger partial charge on any atom is -0.487 e. The van der Waals surface area contributed by atoms with Crippen molar-refractivity contribution in [2.24, 2.45) is 5.10 Å². The normalized spacial score (nSPS) is 11.2. The van der Waals surface area contributed by atoms with Crippen molar-refractivity contribution in [1.29, 1.82) is 0 Å². The van der Waals surface area contributed by atoms with Crippen molar-refractivity contribution in [1.82, 2.24) is 14.9 Å². The van der Waals surface area contributed by atoms with Gasteiger partial charge in [-0.2, -0.15) is 14.9 Å². The van der Waals surface area contributed by atoms with E-state index in [4.69, 9.17) is 17.0 Å². The lowest BCUT2D eigenvalue weighted by Crippen LogP contribution is -1.98. The summed E-state index contributed by atoms with van der Waals surface area (Å²) in [4.78, 5) is 0. The molecule has 4 rings (SSSR count). The van der Waals surface area contributed by atoms with Crippen molar-refractivity contribution in [3.63, 3.8) is 0 Å². The monoisotopic (exact) mass is 556 g/mol. The van der Waals surface area contributed by atoms with Crippen molar-refractivity contribution < 1.29 is 4.74 Å². The van der Waals surface area contributed by atoms with Crippen LogP contribution in [0.1, 0.15) is 16.7 Å². The highest BCUT2D eigenvalue weighted by Gasteiger charge is 2.10. The average Bonchev–Trinajstić information content (AvgIpc) is 3.14. The largest absolute Gasteiger partial charge is 0.487 e. The van der Waals surface area contributed by atoms with E-state index in [-0.39, 0.29) is 0 Å². The van der Waals surface area contributed by atoms with Crippen molar-refractivity contribution in [2.45, 2.75) is 13.5 Å². The Morgan fingerprint density at radius 2 is 1.74 bits per heavy atom. The van der Waals surface area contributed by atoms with Crippen LogP contribution >= 0.6 is 44.1 Å². The second kappa shape index (κ2) is 9.72. The van der Waals surface area contributed by atoms with E-state index in [1.807, 2.05) is 42.5 Å². The van der Waals surface area contributed by atoms with Gasteiger partial charge in [-0.05, 0) is 74.3 Å². The Morgan fingerprint density at radius 1 is 1.06 bits per heavy atom. The van der Waals surface area contributed by atoms with Crippen LogP contribution in [-0.4, -0.2) is 21.1 Å². The zero-order chi connectivity index (χ0) is 21.8. The second-order valence-electron chi connectivity index (χ2n) is 6.86. The highest BCUT2D eigenvalue weighted by atomic mass is 79.9. The summed E-state index contributed by atoms with van der Waals surface area (Å²) in [6.45, 7) is 2.55. The van der Waals surface area contributed by atoms with E-state index in [1.165, 1.54) is 5.56 Å². The topological polar surface area (TPSA) is 55.2 Å². The number of ether oxygens (including phenoxy) is 1. The zero-order valence-electron chi connectivity index (χ0n) is 16.5. The quantitative estimate of drug-likeness (QED) is 0.207. The maximum atomic E-state index is 6.02. The number of rotatable bonds is 6. The van der Waals surface area contributed by atoms with Crippen LogP contribution in [0.3, 0.4) is 0 Å². The summed E-state index contributed by atoms with van der Waals surface area (Å²) >= 11 is 12.6. The van der Waals surface area contributed by atoms with Crippen molar-refractivity contribution >= 4 is 50.3 Å². The maximum Gasteiger partial charge on any atom is 0.216 e. The van der Waals surface area contributed by atoms with Crippen LogP contribution in [0.5, 0.6) is 5.75 Å². The third kappa shape index (κ3) is 5.20. The number of nitrogens with zero attached hydrogens (tertiary/aromatic N) is 3. The van der Waals surface area contributed by atoms with E-state index in [0.717, 1.165) is 31.4 Å². The number of benzene rings is 3. The highest BCUT2D eigenvalue weighted by Crippen LogP contribution is 2.35. The molecule has 0 aliphatic heterocycles. The van der Waals surface area contributed by atoms with E-state index in [9.17, 15) is 0 Å². The Labute approximate surface area is 202 Å². The molecule has 1 N–H and O–H groups in total. The van der Waals surface area contributed by atoms with E-state index in [1.54, 1.807) is 10.9 Å². The number of halogens is 2. The molecule has 0 fully saturated rings. The third-order valence-electron chi connectivity index (χ3n) is 4.53. The van der Waals surface area contributed by atoms with Crippen LogP contribution in [0.4, 0.5) is 0 Å². The molecule has 156 valence electrons. The van der Waals surface area contributed by atoms with Gasteiger partial charge in [-0.1, -0.05) is 60.2 Å². The fraction of sp³-hybridized carbons (Fsp3) is 0.0870. The van der Waals surface area contributed by atoms with Crippen LogP contribution in [0.15, 0.2) is 80.8 Å². The summed E-state index contributed by atoms with van der Waals surface area (Å²) < 4.78 is 9.70. The molecule has 5 nitrogen and oxygen atoms in total. The van der Waals surface area contributed by atoms with E-state index < -0.39 is 0 Å². The molecule has 1 aromatic heterocycles. The number of aromatic nitrogens is 3. The molecule has 0 spiro atoms. The van der Waals surface area contributed by atoms with E-state index in [0.29, 0.717) is 17.2 Å². The summed E-state index contributed by atoms with van der Waals surface area (Å²) in [5.74, 6) is 1.39. The number of hydrogen-bond donors (Lipinski definition) is 1. The minimum atomic E-state index is 0.422. The smallest absolute Gasteiger partial charge is 0.216 e. The van der Waals surface area contributed by atoms with Gasteiger partial charge in [-0.25, -0.2) is 5.10 Å². The zero-order valence-corrected chi connectivity index (χ0v) is 20.5. The van der Waals surface area contributed by atoms with Crippen molar-refractivity contribution in [2.75, 3.05) is 0 Å². The number of aromatic amines is 1. The first kappa shape index (κ1) is 21.7. The molecule has 0 atom stereocenters. The van der Waals surface area contributed by atoms with Crippen molar-refractivity contribution in [3.8, 4) is 17.1 Å².